The molecule has 0 aliphatic carbocycles. The lowest BCUT2D eigenvalue weighted by Crippen LogP contribution is -2.45. The van der Waals surface area contributed by atoms with E-state index in [1.807, 2.05) is 18.2 Å². The molecular formula is C20H27N7O2S. The average molecular weight is 430 g/mol. The van der Waals surface area contributed by atoms with Crippen LogP contribution >= 0.6 is 11.8 Å². The van der Waals surface area contributed by atoms with Crippen LogP contribution in [0, 0.1) is 0 Å². The second kappa shape index (κ2) is 9.07. The number of nitrogens with zero attached hydrogens (tertiary/aromatic N) is 6. The van der Waals surface area contributed by atoms with Gasteiger partial charge in [-0.05, 0) is 37.0 Å². The number of piperazine rings is 1. The Morgan fingerprint density at radius 3 is 2.60 bits per heavy atom. The smallest absolute Gasteiger partial charge is 0.175 e. The van der Waals surface area contributed by atoms with E-state index in [0.717, 1.165) is 66.5 Å². The lowest BCUT2D eigenvalue weighted by Gasteiger charge is -2.32. The number of aromatic nitrogens is 4. The van der Waals surface area contributed by atoms with Gasteiger partial charge in [0, 0.05) is 39.3 Å². The standard InChI is InChI=1S/C20H27N7O2S/c1-25-6-8-26(9-7-25)10-11-27-19-17(18(21)22-13-23-19)24-20(27)30-16-12-14(28-2)4-5-15(16)29-3/h4-5,12-13H,6-11H2,1-3H3,(H2,21,22,23). The molecule has 2 N–H and O–H groups in total. The third kappa shape index (κ3) is 4.30. The molecule has 160 valence electrons. The first-order valence-electron chi connectivity index (χ1n) is 9.86. The molecule has 1 saturated heterocycles. The number of fused-ring (bicyclic) bond motifs is 1. The van der Waals surface area contributed by atoms with Crippen LogP contribution in [0.15, 0.2) is 34.6 Å². The van der Waals surface area contributed by atoms with E-state index >= 15 is 0 Å². The molecule has 3 aromatic rings. The number of hydrogen-bond donors (Lipinski definition) is 1. The Labute approximate surface area is 180 Å². The molecule has 0 radical (unpaired) electrons. The molecule has 0 atom stereocenters. The molecular weight excluding hydrogens is 402 g/mol. The molecule has 1 fully saturated rings. The van der Waals surface area contributed by atoms with Crippen molar-refractivity contribution in [2.75, 3.05) is 59.7 Å². The van der Waals surface area contributed by atoms with Gasteiger partial charge in [-0.2, -0.15) is 0 Å². The summed E-state index contributed by atoms with van der Waals surface area (Å²) in [5.41, 5.74) is 7.47. The summed E-state index contributed by atoms with van der Waals surface area (Å²) in [6.45, 7) is 5.99. The summed E-state index contributed by atoms with van der Waals surface area (Å²) in [5, 5.41) is 0.804. The van der Waals surface area contributed by atoms with Crippen LogP contribution in [0.2, 0.25) is 0 Å². The number of rotatable bonds is 7. The highest BCUT2D eigenvalue weighted by Crippen LogP contribution is 2.38. The quantitative estimate of drug-likeness (QED) is 0.603. The summed E-state index contributed by atoms with van der Waals surface area (Å²) in [7, 11) is 5.47. The number of methoxy groups -OCH3 is 2. The Balaban J connectivity index is 1.65. The van der Waals surface area contributed by atoms with Gasteiger partial charge in [0.25, 0.3) is 0 Å². The topological polar surface area (TPSA) is 94.6 Å². The van der Waals surface area contributed by atoms with Gasteiger partial charge in [-0.1, -0.05) is 0 Å². The lowest BCUT2D eigenvalue weighted by atomic mass is 10.3. The van der Waals surface area contributed by atoms with Crippen molar-refractivity contribution >= 4 is 28.7 Å². The summed E-state index contributed by atoms with van der Waals surface area (Å²) in [6.07, 6.45) is 1.49. The molecule has 1 aliphatic rings. The number of hydrogen-bond acceptors (Lipinski definition) is 9. The van der Waals surface area contributed by atoms with Gasteiger partial charge in [-0.25, -0.2) is 15.0 Å². The third-order valence-electron chi connectivity index (χ3n) is 5.33. The van der Waals surface area contributed by atoms with Gasteiger partial charge in [0.2, 0.25) is 0 Å². The maximum Gasteiger partial charge on any atom is 0.175 e. The number of anilines is 1. The number of likely N-dealkylation sites (N-methyl/N-ethyl adjacent to an activating group) is 1. The summed E-state index contributed by atoms with van der Waals surface area (Å²) < 4.78 is 13.0. The van der Waals surface area contributed by atoms with Gasteiger partial charge >= 0.3 is 0 Å². The number of nitrogens with two attached hydrogens (primary N) is 1. The molecule has 0 saturated carbocycles. The van der Waals surface area contributed by atoms with Crippen molar-refractivity contribution < 1.29 is 9.47 Å². The fourth-order valence-electron chi connectivity index (χ4n) is 3.49. The van der Waals surface area contributed by atoms with E-state index in [-0.39, 0.29) is 0 Å². The number of benzene rings is 1. The van der Waals surface area contributed by atoms with Crippen molar-refractivity contribution in [1.29, 1.82) is 0 Å². The zero-order valence-electron chi connectivity index (χ0n) is 17.5. The van der Waals surface area contributed by atoms with Crippen LogP contribution in [0.5, 0.6) is 11.5 Å². The predicted molar refractivity (Wildman–Crippen MR) is 117 cm³/mol. The number of ether oxygens (including phenoxy) is 2. The molecule has 3 heterocycles. The fourth-order valence-corrected chi connectivity index (χ4v) is 4.54. The van der Waals surface area contributed by atoms with E-state index < -0.39 is 0 Å². The molecule has 0 bridgehead atoms. The summed E-state index contributed by atoms with van der Waals surface area (Å²) in [4.78, 5) is 19.1. The molecule has 4 rings (SSSR count). The largest absolute Gasteiger partial charge is 0.497 e. The van der Waals surface area contributed by atoms with Crippen LogP contribution in [0.25, 0.3) is 11.2 Å². The van der Waals surface area contributed by atoms with Crippen molar-refractivity contribution in [3.63, 3.8) is 0 Å². The van der Waals surface area contributed by atoms with Crippen LogP contribution < -0.4 is 15.2 Å². The molecule has 9 nitrogen and oxygen atoms in total. The first-order chi connectivity index (χ1) is 14.6. The summed E-state index contributed by atoms with van der Waals surface area (Å²) in [6, 6.07) is 5.72. The zero-order chi connectivity index (χ0) is 21.1. The Morgan fingerprint density at radius 1 is 1.07 bits per heavy atom. The normalized spacial score (nSPS) is 15.6. The Morgan fingerprint density at radius 2 is 1.87 bits per heavy atom. The van der Waals surface area contributed by atoms with Gasteiger partial charge in [0.05, 0.1) is 19.1 Å². The van der Waals surface area contributed by atoms with E-state index in [1.165, 1.54) is 18.1 Å². The first-order valence-corrected chi connectivity index (χ1v) is 10.7. The zero-order valence-corrected chi connectivity index (χ0v) is 18.4. The number of imidazole rings is 1. The minimum absolute atomic E-state index is 0.387. The lowest BCUT2D eigenvalue weighted by molar-refractivity contribution is 0.149. The minimum atomic E-state index is 0.387. The monoisotopic (exact) mass is 429 g/mol. The van der Waals surface area contributed by atoms with Crippen molar-refractivity contribution in [2.45, 2.75) is 16.6 Å². The molecule has 2 aromatic heterocycles. The van der Waals surface area contributed by atoms with Crippen LogP contribution in [0.3, 0.4) is 0 Å². The second-order valence-corrected chi connectivity index (χ2v) is 8.25. The van der Waals surface area contributed by atoms with Crippen LogP contribution in [0.4, 0.5) is 5.82 Å². The van der Waals surface area contributed by atoms with E-state index in [0.29, 0.717) is 11.3 Å². The van der Waals surface area contributed by atoms with E-state index in [9.17, 15) is 0 Å². The first kappa shape index (κ1) is 20.7. The fraction of sp³-hybridized carbons (Fsp3) is 0.450. The van der Waals surface area contributed by atoms with Crippen molar-refractivity contribution in [3.05, 3.63) is 24.5 Å². The molecule has 0 unspecified atom stereocenters. The maximum atomic E-state index is 6.09. The molecule has 10 heteroatoms. The van der Waals surface area contributed by atoms with Gasteiger partial charge in [0.15, 0.2) is 22.1 Å². The maximum absolute atomic E-state index is 6.09. The predicted octanol–water partition coefficient (Wildman–Crippen LogP) is 1.82. The van der Waals surface area contributed by atoms with E-state index in [1.54, 1.807) is 14.2 Å². The van der Waals surface area contributed by atoms with E-state index in [4.69, 9.17) is 20.2 Å². The van der Waals surface area contributed by atoms with Gasteiger partial charge < -0.3 is 24.7 Å². The van der Waals surface area contributed by atoms with Crippen LogP contribution in [-0.4, -0.2) is 83.3 Å². The highest BCUT2D eigenvalue weighted by molar-refractivity contribution is 7.99. The highest BCUT2D eigenvalue weighted by Gasteiger charge is 2.20. The van der Waals surface area contributed by atoms with Crippen molar-refractivity contribution in [3.8, 4) is 11.5 Å². The third-order valence-corrected chi connectivity index (χ3v) is 6.37. The minimum Gasteiger partial charge on any atom is -0.497 e. The average Bonchev–Trinajstić information content (AvgIpc) is 3.11. The van der Waals surface area contributed by atoms with Gasteiger partial charge in [-0.15, -0.1) is 0 Å². The Bertz CT molecular complexity index is 1020. The molecule has 1 aromatic carbocycles. The molecule has 0 amide bonds. The molecule has 1 aliphatic heterocycles. The second-order valence-electron chi connectivity index (χ2n) is 7.24. The van der Waals surface area contributed by atoms with Gasteiger partial charge in [0.1, 0.15) is 17.8 Å². The highest BCUT2D eigenvalue weighted by atomic mass is 32.2. The Kier molecular flexibility index (Phi) is 6.26. The summed E-state index contributed by atoms with van der Waals surface area (Å²) in [5.74, 6) is 1.91. The Hall–Kier alpha value is -2.56. The van der Waals surface area contributed by atoms with Crippen molar-refractivity contribution in [1.82, 2.24) is 29.3 Å². The van der Waals surface area contributed by atoms with E-state index in [2.05, 4.69) is 31.4 Å². The number of nitrogen functional groups attached to an aromatic ring is 1. The molecule has 30 heavy (non-hydrogen) atoms. The van der Waals surface area contributed by atoms with Crippen LogP contribution in [0.1, 0.15) is 0 Å². The SMILES string of the molecule is COc1ccc(OC)c(Sc2nc3c(N)ncnc3n2CCN2CCN(C)CC2)c1. The summed E-state index contributed by atoms with van der Waals surface area (Å²) >= 11 is 1.51. The van der Waals surface area contributed by atoms with Crippen molar-refractivity contribution in [2.24, 2.45) is 0 Å². The van der Waals surface area contributed by atoms with Gasteiger partial charge in [-0.3, -0.25) is 4.90 Å². The van der Waals surface area contributed by atoms with Crippen LogP contribution in [-0.2, 0) is 6.54 Å². The molecule has 0 spiro atoms.